The number of nitrogen functional groups attached to an aromatic ring is 1. The molecule has 0 spiro atoms. The summed E-state index contributed by atoms with van der Waals surface area (Å²) in [6.07, 6.45) is 7.13. The highest BCUT2D eigenvalue weighted by Crippen LogP contribution is 2.24. The maximum absolute atomic E-state index is 6.21. The maximum atomic E-state index is 6.21. The molecule has 0 amide bonds. The number of fused-ring (bicyclic) bond motifs is 2. The van der Waals surface area contributed by atoms with E-state index in [9.17, 15) is 0 Å². The van der Waals surface area contributed by atoms with Gasteiger partial charge in [0.2, 0.25) is 5.95 Å². The van der Waals surface area contributed by atoms with Crippen LogP contribution in [0.2, 0.25) is 0 Å². The normalized spacial score (nSPS) is 11.3. The molecule has 2 aromatic carbocycles. The first-order valence-electron chi connectivity index (χ1n) is 10.1. The summed E-state index contributed by atoms with van der Waals surface area (Å²) in [5.74, 6) is 1.87. The van der Waals surface area contributed by atoms with Gasteiger partial charge in [-0.3, -0.25) is 5.10 Å². The molecule has 0 saturated carbocycles. The lowest BCUT2D eigenvalue weighted by atomic mass is 10.1. The third kappa shape index (κ3) is 3.87. The van der Waals surface area contributed by atoms with Crippen molar-refractivity contribution in [2.75, 3.05) is 24.7 Å². The molecule has 0 fully saturated rings. The van der Waals surface area contributed by atoms with Gasteiger partial charge >= 0.3 is 0 Å². The van der Waals surface area contributed by atoms with E-state index in [1.54, 1.807) is 13.3 Å². The summed E-state index contributed by atoms with van der Waals surface area (Å²) < 4.78 is 5.34. The van der Waals surface area contributed by atoms with Crippen molar-refractivity contribution in [3.05, 3.63) is 71.7 Å². The Kier molecular flexibility index (Phi) is 4.87. The van der Waals surface area contributed by atoms with Crippen molar-refractivity contribution < 1.29 is 4.74 Å². The number of anilines is 2. The Hall–Kier alpha value is -4.07. The molecule has 0 unspecified atom stereocenters. The lowest BCUT2D eigenvalue weighted by Crippen LogP contribution is -2.10. The van der Waals surface area contributed by atoms with E-state index in [0.29, 0.717) is 24.7 Å². The lowest BCUT2D eigenvalue weighted by Gasteiger charge is -2.09. The quantitative estimate of drug-likeness (QED) is 0.323. The standard InChI is InChI=1S/C23H23N7O/c1-31-18-3-5-21-19(10-18)15(11-26-21)6-7-25-23-27-12-17(22(24)29-23)9-14-2-4-20-16(8-14)13-28-30-20/h2-5,8,10-13,26H,6-7,9H2,1H3,(H,28,30)(H3,24,25,27,29). The summed E-state index contributed by atoms with van der Waals surface area (Å²) in [7, 11) is 1.68. The van der Waals surface area contributed by atoms with Gasteiger partial charge in [0.1, 0.15) is 11.6 Å². The molecule has 0 aliphatic heterocycles. The average molecular weight is 413 g/mol. The molecule has 0 atom stereocenters. The highest BCUT2D eigenvalue weighted by atomic mass is 16.5. The predicted octanol–water partition coefficient (Wildman–Crippen LogP) is 3.67. The van der Waals surface area contributed by atoms with E-state index in [0.717, 1.165) is 45.1 Å². The minimum absolute atomic E-state index is 0.488. The van der Waals surface area contributed by atoms with E-state index in [-0.39, 0.29) is 0 Å². The van der Waals surface area contributed by atoms with Crippen LogP contribution in [0, 0.1) is 0 Å². The van der Waals surface area contributed by atoms with E-state index in [1.165, 1.54) is 5.56 Å². The third-order valence-corrected chi connectivity index (χ3v) is 5.45. The Morgan fingerprint density at radius 2 is 1.97 bits per heavy atom. The first kappa shape index (κ1) is 18.9. The van der Waals surface area contributed by atoms with Gasteiger partial charge in [0.05, 0.1) is 18.8 Å². The predicted molar refractivity (Wildman–Crippen MR) is 122 cm³/mol. The molecule has 0 aliphatic rings. The maximum Gasteiger partial charge on any atom is 0.224 e. The van der Waals surface area contributed by atoms with Gasteiger partial charge in [-0.1, -0.05) is 6.07 Å². The van der Waals surface area contributed by atoms with Crippen LogP contribution < -0.4 is 15.8 Å². The van der Waals surface area contributed by atoms with Crippen molar-refractivity contribution in [1.82, 2.24) is 25.1 Å². The van der Waals surface area contributed by atoms with Crippen molar-refractivity contribution in [1.29, 1.82) is 0 Å². The monoisotopic (exact) mass is 413 g/mol. The molecule has 5 aromatic rings. The van der Waals surface area contributed by atoms with Crippen LogP contribution in [-0.4, -0.2) is 38.8 Å². The second-order valence-electron chi connectivity index (χ2n) is 7.47. The summed E-state index contributed by atoms with van der Waals surface area (Å²) in [4.78, 5) is 12.2. The molecule has 3 aromatic heterocycles. The number of nitrogens with zero attached hydrogens (tertiary/aromatic N) is 3. The Bertz CT molecular complexity index is 1350. The topological polar surface area (TPSA) is 118 Å². The highest BCUT2D eigenvalue weighted by Gasteiger charge is 2.08. The van der Waals surface area contributed by atoms with Crippen molar-refractivity contribution in [3.63, 3.8) is 0 Å². The number of ether oxygens (including phenoxy) is 1. The number of hydrogen-bond acceptors (Lipinski definition) is 6. The van der Waals surface area contributed by atoms with Gasteiger partial charge in [0, 0.05) is 47.2 Å². The molecular formula is C23H23N7O. The Labute approximate surface area is 178 Å². The smallest absolute Gasteiger partial charge is 0.224 e. The SMILES string of the molecule is COc1ccc2[nH]cc(CCNc3ncc(Cc4ccc5[nH]ncc5c4)c(N)n3)c2c1. The van der Waals surface area contributed by atoms with Crippen molar-refractivity contribution >= 4 is 33.6 Å². The van der Waals surface area contributed by atoms with Gasteiger partial charge in [0.25, 0.3) is 0 Å². The molecular weight excluding hydrogens is 390 g/mol. The van der Waals surface area contributed by atoms with Crippen molar-refractivity contribution in [3.8, 4) is 5.75 Å². The number of benzene rings is 2. The number of aromatic amines is 2. The number of aromatic nitrogens is 5. The zero-order valence-electron chi connectivity index (χ0n) is 17.1. The largest absolute Gasteiger partial charge is 0.497 e. The van der Waals surface area contributed by atoms with E-state index >= 15 is 0 Å². The molecule has 5 N–H and O–H groups in total. The summed E-state index contributed by atoms with van der Waals surface area (Å²) in [6, 6.07) is 12.2. The van der Waals surface area contributed by atoms with E-state index in [1.807, 2.05) is 36.7 Å². The zero-order valence-corrected chi connectivity index (χ0v) is 17.1. The van der Waals surface area contributed by atoms with Crippen LogP contribution in [0.5, 0.6) is 5.75 Å². The van der Waals surface area contributed by atoms with Crippen LogP contribution in [0.25, 0.3) is 21.8 Å². The summed E-state index contributed by atoms with van der Waals surface area (Å²) in [5, 5.41) is 12.5. The van der Waals surface area contributed by atoms with Crippen molar-refractivity contribution in [2.45, 2.75) is 12.8 Å². The first-order valence-corrected chi connectivity index (χ1v) is 10.1. The fourth-order valence-corrected chi connectivity index (χ4v) is 3.76. The average Bonchev–Trinajstić information content (AvgIpc) is 3.42. The van der Waals surface area contributed by atoms with Crippen molar-refractivity contribution in [2.24, 2.45) is 0 Å². The minimum Gasteiger partial charge on any atom is -0.497 e. The van der Waals surface area contributed by atoms with Crippen LogP contribution >= 0.6 is 0 Å². The van der Waals surface area contributed by atoms with Gasteiger partial charge in [-0.2, -0.15) is 10.1 Å². The summed E-state index contributed by atoms with van der Waals surface area (Å²) >= 11 is 0. The van der Waals surface area contributed by atoms with E-state index in [4.69, 9.17) is 10.5 Å². The van der Waals surface area contributed by atoms with Gasteiger partial charge in [-0.25, -0.2) is 4.98 Å². The van der Waals surface area contributed by atoms with Gasteiger partial charge in [-0.05, 0) is 47.9 Å². The zero-order chi connectivity index (χ0) is 21.2. The number of H-pyrrole nitrogens is 2. The van der Waals surface area contributed by atoms with Gasteiger partial charge in [-0.15, -0.1) is 0 Å². The highest BCUT2D eigenvalue weighted by molar-refractivity contribution is 5.84. The molecule has 0 aliphatic carbocycles. The first-order chi connectivity index (χ1) is 15.2. The molecule has 0 bridgehead atoms. The molecule has 0 radical (unpaired) electrons. The molecule has 8 nitrogen and oxygen atoms in total. The summed E-state index contributed by atoms with van der Waals surface area (Å²) in [5.41, 5.74) is 11.6. The Morgan fingerprint density at radius 1 is 1.06 bits per heavy atom. The Morgan fingerprint density at radius 3 is 2.84 bits per heavy atom. The van der Waals surface area contributed by atoms with Gasteiger partial charge < -0.3 is 20.8 Å². The fraction of sp³-hybridized carbons (Fsp3) is 0.174. The van der Waals surface area contributed by atoms with E-state index in [2.05, 4.69) is 42.6 Å². The van der Waals surface area contributed by atoms with Crippen LogP contribution in [0.4, 0.5) is 11.8 Å². The Balaban J connectivity index is 1.24. The fourth-order valence-electron chi connectivity index (χ4n) is 3.76. The van der Waals surface area contributed by atoms with Crippen LogP contribution in [0.1, 0.15) is 16.7 Å². The molecule has 8 heteroatoms. The second kappa shape index (κ2) is 7.98. The van der Waals surface area contributed by atoms with Gasteiger partial charge in [0.15, 0.2) is 0 Å². The molecule has 5 rings (SSSR count). The van der Waals surface area contributed by atoms with Crippen LogP contribution in [0.15, 0.2) is 55.0 Å². The second-order valence-corrected chi connectivity index (χ2v) is 7.47. The molecule has 156 valence electrons. The minimum atomic E-state index is 0.488. The molecule has 3 heterocycles. The third-order valence-electron chi connectivity index (χ3n) is 5.45. The number of rotatable bonds is 7. The number of methoxy groups -OCH3 is 1. The summed E-state index contributed by atoms with van der Waals surface area (Å²) in [6.45, 7) is 0.695. The van der Waals surface area contributed by atoms with Crippen LogP contribution in [0.3, 0.4) is 0 Å². The molecule has 0 saturated heterocycles. The number of nitrogens with one attached hydrogen (secondary N) is 3. The molecule has 31 heavy (non-hydrogen) atoms. The lowest BCUT2D eigenvalue weighted by molar-refractivity contribution is 0.415. The number of hydrogen-bond donors (Lipinski definition) is 4. The number of nitrogens with two attached hydrogens (primary N) is 1. The van der Waals surface area contributed by atoms with E-state index < -0.39 is 0 Å². The van der Waals surface area contributed by atoms with Crippen LogP contribution in [-0.2, 0) is 12.8 Å².